The van der Waals surface area contributed by atoms with Gasteiger partial charge in [0.15, 0.2) is 0 Å². The number of rotatable bonds is 58. The average molecular weight is 1120 g/mol. The molecule has 0 aliphatic heterocycles. The Kier molecular flexibility index (Phi) is 55.9. The monoisotopic (exact) mass is 1120 g/mol. The van der Waals surface area contributed by atoms with Gasteiger partial charge in [-0.25, -0.2) is 0 Å². The number of hydrogen-bond acceptors (Lipinski definition) is 7. The summed E-state index contributed by atoms with van der Waals surface area (Å²) in [6.45, 7) is 6.76. The molecule has 0 aromatic heterocycles. The van der Waals surface area contributed by atoms with Crippen LogP contribution in [-0.4, -0.2) is 69.4 Å². The molecule has 0 aliphatic rings. The van der Waals surface area contributed by atoms with Crippen molar-refractivity contribution in [3.63, 3.8) is 0 Å². The SMILES string of the molecule is CCCCC/C=C\C/C=C\C/C=C\C/C=C\CCCCCCCC(=O)NC(COP(=O)([O-])OCC[N+](C)(C)C)C(/C=C/CCCCCCCCCCC)OC(=O)CCCCCCCCCC/C=C\C/C=C\C/C=C\CCCCC. The first-order valence-corrected chi connectivity index (χ1v) is 34.0. The fourth-order valence-corrected chi connectivity index (χ4v) is 9.65. The molecule has 10 heteroatoms. The Morgan fingerprint density at radius 3 is 1.18 bits per heavy atom. The van der Waals surface area contributed by atoms with Gasteiger partial charge in [0.1, 0.15) is 19.3 Å². The van der Waals surface area contributed by atoms with Gasteiger partial charge in [0.25, 0.3) is 7.82 Å². The molecule has 0 saturated heterocycles. The number of phosphoric acid groups is 1. The summed E-state index contributed by atoms with van der Waals surface area (Å²) in [4.78, 5) is 40.0. The molecular weight excluding hydrogens is 1000 g/mol. The van der Waals surface area contributed by atoms with Crippen LogP contribution in [0.4, 0.5) is 0 Å². The zero-order valence-electron chi connectivity index (χ0n) is 52.1. The van der Waals surface area contributed by atoms with Gasteiger partial charge in [0.05, 0.1) is 33.8 Å². The summed E-state index contributed by atoms with van der Waals surface area (Å²) in [5.74, 6) is -0.572. The van der Waals surface area contributed by atoms with E-state index in [-0.39, 0.29) is 31.3 Å². The Hall–Kier alpha value is -3.07. The predicted molar refractivity (Wildman–Crippen MR) is 339 cm³/mol. The van der Waals surface area contributed by atoms with E-state index >= 15 is 0 Å². The molecular formula is C69H123N2O7P. The molecule has 0 aromatic rings. The summed E-state index contributed by atoms with van der Waals surface area (Å²) in [5.41, 5.74) is 0. The van der Waals surface area contributed by atoms with Gasteiger partial charge >= 0.3 is 5.97 Å². The number of nitrogens with one attached hydrogen (secondary N) is 1. The highest BCUT2D eigenvalue weighted by molar-refractivity contribution is 7.45. The first-order valence-electron chi connectivity index (χ1n) is 32.5. The van der Waals surface area contributed by atoms with Crippen molar-refractivity contribution in [1.29, 1.82) is 0 Å². The highest BCUT2D eigenvalue weighted by Gasteiger charge is 2.27. The summed E-state index contributed by atoms with van der Waals surface area (Å²) < 4.78 is 30.3. The van der Waals surface area contributed by atoms with Gasteiger partial charge in [-0.1, -0.05) is 247 Å². The molecule has 1 amide bonds. The number of carbonyl (C=O) groups excluding carboxylic acids is 2. The number of quaternary nitrogens is 1. The highest BCUT2D eigenvalue weighted by Crippen LogP contribution is 2.38. The lowest BCUT2D eigenvalue weighted by atomic mass is 10.1. The van der Waals surface area contributed by atoms with Crippen molar-refractivity contribution in [2.24, 2.45) is 0 Å². The maximum absolute atomic E-state index is 13.5. The molecule has 79 heavy (non-hydrogen) atoms. The van der Waals surface area contributed by atoms with Crippen LogP contribution < -0.4 is 10.2 Å². The summed E-state index contributed by atoms with van der Waals surface area (Å²) in [6.07, 6.45) is 78.0. The molecule has 0 fully saturated rings. The lowest BCUT2D eigenvalue weighted by Gasteiger charge is -2.30. The van der Waals surface area contributed by atoms with Crippen molar-refractivity contribution in [3.05, 3.63) is 97.2 Å². The number of likely N-dealkylation sites (N-methyl/N-ethyl adjacent to an activating group) is 1. The first kappa shape index (κ1) is 75.9. The summed E-state index contributed by atoms with van der Waals surface area (Å²) >= 11 is 0. The molecule has 0 bridgehead atoms. The summed E-state index contributed by atoms with van der Waals surface area (Å²) in [7, 11) is 1.16. The fourth-order valence-electron chi connectivity index (χ4n) is 8.92. The number of ether oxygens (including phenoxy) is 1. The van der Waals surface area contributed by atoms with Crippen LogP contribution in [0.15, 0.2) is 97.2 Å². The van der Waals surface area contributed by atoms with E-state index in [1.54, 1.807) is 0 Å². The van der Waals surface area contributed by atoms with Crippen LogP contribution >= 0.6 is 7.82 Å². The number of hydrogen-bond donors (Lipinski definition) is 1. The molecule has 0 saturated carbocycles. The van der Waals surface area contributed by atoms with Crippen molar-refractivity contribution in [2.75, 3.05) is 40.9 Å². The third-order valence-electron chi connectivity index (χ3n) is 14.0. The Bertz CT molecular complexity index is 1670. The minimum Gasteiger partial charge on any atom is -0.756 e. The van der Waals surface area contributed by atoms with Gasteiger partial charge in [-0.05, 0) is 115 Å². The van der Waals surface area contributed by atoms with Crippen LogP contribution in [0, 0.1) is 0 Å². The van der Waals surface area contributed by atoms with E-state index in [2.05, 4.69) is 111 Å². The largest absolute Gasteiger partial charge is 0.756 e. The van der Waals surface area contributed by atoms with Crippen molar-refractivity contribution in [1.82, 2.24) is 5.32 Å². The Balaban J connectivity index is 5.22. The maximum atomic E-state index is 13.5. The van der Waals surface area contributed by atoms with E-state index in [0.29, 0.717) is 17.4 Å². The van der Waals surface area contributed by atoms with Crippen LogP contribution in [0.3, 0.4) is 0 Å². The van der Waals surface area contributed by atoms with Gasteiger partial charge in [0, 0.05) is 12.8 Å². The minimum atomic E-state index is -4.71. The number of phosphoric ester groups is 1. The van der Waals surface area contributed by atoms with E-state index in [0.717, 1.165) is 116 Å². The van der Waals surface area contributed by atoms with E-state index in [1.807, 2.05) is 33.3 Å². The number of nitrogens with zero attached hydrogens (tertiary/aromatic N) is 1. The Labute approximate surface area is 488 Å². The van der Waals surface area contributed by atoms with Crippen molar-refractivity contribution < 1.29 is 37.3 Å². The zero-order valence-corrected chi connectivity index (χ0v) is 52.9. The summed E-state index contributed by atoms with van der Waals surface area (Å²) in [6, 6.07) is -0.907. The van der Waals surface area contributed by atoms with Gasteiger partial charge in [-0.3, -0.25) is 14.2 Å². The standard InChI is InChI=1S/C69H123N2O7P/c1-7-10-13-16-19-22-25-27-29-31-33-35-37-39-41-43-46-49-52-55-58-61-68(72)70-66(65-77-79(74,75)76-64-63-71(4,5)6)67(60-57-54-51-48-45-24-21-18-15-12-9-3)78-69(73)62-59-56-53-50-47-44-42-40-38-36-34-32-30-28-26-23-20-17-14-11-8-2/h19-20,22-23,27-30,33-36,39,41,57,60,66-67H,7-18,21,24-26,31-32,37-38,40,42-56,58-59,61-65H2,1-6H3,(H-,70,72,74,75)/b22-19-,23-20-,29-27-,30-28-,35-33-,36-34-,41-39-,60-57+. The molecule has 1 N–H and O–H groups in total. The van der Waals surface area contributed by atoms with Crippen LogP contribution in [0.5, 0.6) is 0 Å². The normalized spacial score (nSPS) is 14.3. The molecule has 9 nitrogen and oxygen atoms in total. The molecule has 3 unspecified atom stereocenters. The second kappa shape index (κ2) is 58.1. The fraction of sp³-hybridized carbons (Fsp3) is 0.739. The van der Waals surface area contributed by atoms with Crippen molar-refractivity contribution in [3.8, 4) is 0 Å². The predicted octanol–water partition coefficient (Wildman–Crippen LogP) is 19.7. The van der Waals surface area contributed by atoms with E-state index in [4.69, 9.17) is 13.8 Å². The molecule has 0 rings (SSSR count). The topological polar surface area (TPSA) is 114 Å². The minimum absolute atomic E-state index is 0.0320. The van der Waals surface area contributed by atoms with Crippen LogP contribution in [0.1, 0.15) is 278 Å². The van der Waals surface area contributed by atoms with E-state index in [9.17, 15) is 19.0 Å². The number of esters is 1. The highest BCUT2D eigenvalue weighted by atomic mass is 31.2. The Morgan fingerprint density at radius 1 is 0.443 bits per heavy atom. The molecule has 0 aromatic carbocycles. The van der Waals surface area contributed by atoms with E-state index in [1.165, 1.54) is 122 Å². The second-order valence-electron chi connectivity index (χ2n) is 22.9. The molecule has 0 radical (unpaired) electrons. The quantitative estimate of drug-likeness (QED) is 0.0212. The number of amides is 1. The molecule has 0 spiro atoms. The molecule has 0 aliphatic carbocycles. The lowest BCUT2D eigenvalue weighted by Crippen LogP contribution is -2.47. The smallest absolute Gasteiger partial charge is 0.306 e. The number of unbranched alkanes of at least 4 members (excludes halogenated alkanes) is 28. The molecule has 0 heterocycles. The second-order valence-corrected chi connectivity index (χ2v) is 24.3. The maximum Gasteiger partial charge on any atom is 0.306 e. The Morgan fingerprint density at radius 2 is 0.772 bits per heavy atom. The van der Waals surface area contributed by atoms with Gasteiger partial charge in [-0.15, -0.1) is 0 Å². The lowest BCUT2D eigenvalue weighted by molar-refractivity contribution is -0.870. The van der Waals surface area contributed by atoms with Gasteiger partial charge < -0.3 is 28.5 Å². The zero-order chi connectivity index (χ0) is 57.9. The third-order valence-corrected chi connectivity index (χ3v) is 15.0. The molecule has 3 atom stereocenters. The number of allylic oxidation sites excluding steroid dienone is 15. The van der Waals surface area contributed by atoms with Crippen molar-refractivity contribution in [2.45, 2.75) is 290 Å². The summed E-state index contributed by atoms with van der Waals surface area (Å²) in [5, 5.41) is 3.02. The first-order chi connectivity index (χ1) is 38.4. The third kappa shape index (κ3) is 59.4. The van der Waals surface area contributed by atoms with Crippen LogP contribution in [0.2, 0.25) is 0 Å². The van der Waals surface area contributed by atoms with Crippen LogP contribution in [-0.2, 0) is 27.9 Å². The van der Waals surface area contributed by atoms with Gasteiger partial charge in [-0.2, -0.15) is 0 Å². The van der Waals surface area contributed by atoms with E-state index < -0.39 is 26.6 Å². The average Bonchev–Trinajstić information content (AvgIpc) is 3.41. The van der Waals surface area contributed by atoms with Crippen molar-refractivity contribution >= 4 is 19.7 Å². The molecule has 456 valence electrons. The van der Waals surface area contributed by atoms with Gasteiger partial charge in [0.2, 0.25) is 5.91 Å². The number of carbonyl (C=O) groups is 2. The van der Waals surface area contributed by atoms with Crippen LogP contribution in [0.25, 0.3) is 0 Å².